The summed E-state index contributed by atoms with van der Waals surface area (Å²) in [5.74, 6) is 0. The monoisotopic (exact) mass is 134 g/mol. The molecule has 8 heavy (non-hydrogen) atoms. The van der Waals surface area contributed by atoms with E-state index in [0.29, 0.717) is 5.25 Å². The number of aliphatic hydroxyl groups excluding tert-OH is 2. The van der Waals surface area contributed by atoms with Crippen LogP contribution in [0.25, 0.3) is 0 Å². The Morgan fingerprint density at radius 2 is 2.25 bits per heavy atom. The van der Waals surface area contributed by atoms with E-state index in [9.17, 15) is 0 Å². The first-order valence-corrected chi connectivity index (χ1v) is 3.71. The van der Waals surface area contributed by atoms with Gasteiger partial charge in [0, 0.05) is 5.25 Å². The molecule has 0 radical (unpaired) electrons. The highest BCUT2D eigenvalue weighted by atomic mass is 32.2. The minimum absolute atomic E-state index is 0.210. The molecule has 1 aliphatic rings. The zero-order valence-corrected chi connectivity index (χ0v) is 5.40. The molecule has 0 amide bonds. The van der Waals surface area contributed by atoms with Crippen molar-refractivity contribution in [2.45, 2.75) is 23.5 Å². The van der Waals surface area contributed by atoms with Gasteiger partial charge in [-0.2, -0.15) is 0 Å². The van der Waals surface area contributed by atoms with Crippen LogP contribution in [0.15, 0.2) is 0 Å². The van der Waals surface area contributed by atoms with Crippen molar-refractivity contribution < 1.29 is 10.2 Å². The molecule has 0 bridgehead atoms. The molecule has 1 saturated heterocycles. The number of thioether (sulfide) groups is 1. The van der Waals surface area contributed by atoms with Crippen LogP contribution >= 0.6 is 11.8 Å². The highest BCUT2D eigenvalue weighted by Gasteiger charge is 2.21. The van der Waals surface area contributed by atoms with Crippen molar-refractivity contribution in [2.24, 2.45) is 0 Å². The van der Waals surface area contributed by atoms with Crippen LogP contribution in [0.2, 0.25) is 0 Å². The number of rotatable bonds is 1. The maximum atomic E-state index is 8.88. The molecule has 0 spiro atoms. The van der Waals surface area contributed by atoms with E-state index in [1.165, 1.54) is 11.8 Å². The fourth-order valence-electron chi connectivity index (χ4n) is 0.821. The highest BCUT2D eigenvalue weighted by molar-refractivity contribution is 8.00. The second-order valence-corrected chi connectivity index (χ2v) is 3.46. The Labute approximate surface area is 52.9 Å². The van der Waals surface area contributed by atoms with E-state index in [0.717, 1.165) is 12.8 Å². The number of aliphatic hydroxyl groups is 2. The van der Waals surface area contributed by atoms with Gasteiger partial charge in [-0.05, 0) is 12.8 Å². The standard InChI is InChI=1S/C5H10O2S/c6-3-4-1-2-5(7)8-4/h4-7H,1-3H2/t4-,5?/m0/s1. The Morgan fingerprint density at radius 3 is 2.50 bits per heavy atom. The van der Waals surface area contributed by atoms with Crippen molar-refractivity contribution in [3.8, 4) is 0 Å². The van der Waals surface area contributed by atoms with Gasteiger partial charge in [0.2, 0.25) is 0 Å². The van der Waals surface area contributed by atoms with Gasteiger partial charge in [-0.1, -0.05) is 0 Å². The molecule has 2 N–H and O–H groups in total. The maximum absolute atomic E-state index is 8.88. The summed E-state index contributed by atoms with van der Waals surface area (Å²) in [4.78, 5) is 0. The van der Waals surface area contributed by atoms with Gasteiger partial charge in [0.1, 0.15) is 0 Å². The average Bonchev–Trinajstić information content (AvgIpc) is 2.14. The van der Waals surface area contributed by atoms with Crippen molar-refractivity contribution in [1.29, 1.82) is 0 Å². The van der Waals surface area contributed by atoms with E-state index < -0.39 is 0 Å². The topological polar surface area (TPSA) is 40.5 Å². The molecular formula is C5H10O2S. The zero-order chi connectivity index (χ0) is 5.98. The molecule has 1 aliphatic heterocycles. The molecule has 3 heteroatoms. The highest BCUT2D eigenvalue weighted by Crippen LogP contribution is 2.30. The molecule has 0 aromatic rings. The maximum Gasteiger partial charge on any atom is 0.0996 e. The van der Waals surface area contributed by atoms with Gasteiger partial charge < -0.3 is 10.2 Å². The third-order valence-electron chi connectivity index (χ3n) is 1.29. The number of hydrogen-bond donors (Lipinski definition) is 2. The molecule has 1 heterocycles. The lowest BCUT2D eigenvalue weighted by molar-refractivity contribution is 0.255. The smallest absolute Gasteiger partial charge is 0.0996 e. The average molecular weight is 134 g/mol. The molecule has 0 saturated carbocycles. The SMILES string of the molecule is OC[C@@H]1CCC(O)S1. The van der Waals surface area contributed by atoms with Gasteiger partial charge in [-0.3, -0.25) is 0 Å². The van der Waals surface area contributed by atoms with Crippen LogP contribution in [0.1, 0.15) is 12.8 Å². The first-order valence-electron chi connectivity index (χ1n) is 2.77. The minimum Gasteiger partial charge on any atom is -0.395 e. The quantitative estimate of drug-likeness (QED) is 0.538. The van der Waals surface area contributed by atoms with Crippen LogP contribution in [0.3, 0.4) is 0 Å². The molecule has 2 nitrogen and oxygen atoms in total. The van der Waals surface area contributed by atoms with Crippen LogP contribution in [-0.4, -0.2) is 27.5 Å². The van der Waals surface area contributed by atoms with Crippen molar-refractivity contribution in [2.75, 3.05) is 6.61 Å². The third kappa shape index (κ3) is 1.37. The molecule has 1 fully saturated rings. The summed E-state index contributed by atoms with van der Waals surface area (Å²) in [5, 5.41) is 17.7. The summed E-state index contributed by atoms with van der Waals surface area (Å²) in [6.45, 7) is 0.210. The lowest BCUT2D eigenvalue weighted by Gasteiger charge is -2.00. The Bertz CT molecular complexity index is 76.8. The summed E-state index contributed by atoms with van der Waals surface area (Å²) in [6, 6.07) is 0. The minimum atomic E-state index is -0.216. The van der Waals surface area contributed by atoms with Crippen molar-refractivity contribution in [3.63, 3.8) is 0 Å². The van der Waals surface area contributed by atoms with Gasteiger partial charge in [0.25, 0.3) is 0 Å². The Kier molecular flexibility index (Phi) is 2.16. The first kappa shape index (κ1) is 6.39. The van der Waals surface area contributed by atoms with Gasteiger partial charge in [-0.25, -0.2) is 0 Å². The van der Waals surface area contributed by atoms with Crippen LogP contribution in [-0.2, 0) is 0 Å². The van der Waals surface area contributed by atoms with E-state index in [1.54, 1.807) is 0 Å². The van der Waals surface area contributed by atoms with Crippen LogP contribution in [0, 0.1) is 0 Å². The molecule has 1 rings (SSSR count). The molecule has 2 atom stereocenters. The summed E-state index contributed by atoms with van der Waals surface area (Å²) in [7, 11) is 0. The summed E-state index contributed by atoms with van der Waals surface area (Å²) in [5.41, 5.74) is -0.216. The van der Waals surface area contributed by atoms with E-state index in [4.69, 9.17) is 10.2 Å². The predicted molar refractivity (Wildman–Crippen MR) is 33.7 cm³/mol. The lowest BCUT2D eigenvalue weighted by Crippen LogP contribution is -2.02. The second kappa shape index (κ2) is 2.71. The van der Waals surface area contributed by atoms with Crippen molar-refractivity contribution in [3.05, 3.63) is 0 Å². The Hall–Kier alpha value is 0.270. The van der Waals surface area contributed by atoms with E-state index in [1.807, 2.05) is 0 Å². The van der Waals surface area contributed by atoms with Gasteiger partial charge >= 0.3 is 0 Å². The Morgan fingerprint density at radius 1 is 1.50 bits per heavy atom. The normalized spacial score (nSPS) is 38.2. The van der Waals surface area contributed by atoms with Gasteiger partial charge in [-0.15, -0.1) is 11.8 Å². The van der Waals surface area contributed by atoms with Crippen LogP contribution in [0.5, 0.6) is 0 Å². The number of hydrogen-bond acceptors (Lipinski definition) is 3. The molecule has 1 unspecified atom stereocenters. The van der Waals surface area contributed by atoms with Crippen LogP contribution < -0.4 is 0 Å². The second-order valence-electron chi connectivity index (χ2n) is 1.97. The summed E-state index contributed by atoms with van der Waals surface area (Å²) < 4.78 is 0. The van der Waals surface area contributed by atoms with Gasteiger partial charge in [0.15, 0.2) is 0 Å². The van der Waals surface area contributed by atoms with E-state index in [-0.39, 0.29) is 12.0 Å². The molecule has 0 aromatic heterocycles. The first-order chi connectivity index (χ1) is 3.83. The molecule has 0 aliphatic carbocycles. The zero-order valence-electron chi connectivity index (χ0n) is 4.58. The van der Waals surface area contributed by atoms with Crippen molar-refractivity contribution >= 4 is 11.8 Å². The summed E-state index contributed by atoms with van der Waals surface area (Å²) >= 11 is 1.47. The lowest BCUT2D eigenvalue weighted by atomic mass is 10.2. The van der Waals surface area contributed by atoms with E-state index >= 15 is 0 Å². The Balaban J connectivity index is 2.22. The fourth-order valence-corrected chi connectivity index (χ4v) is 1.90. The third-order valence-corrected chi connectivity index (χ3v) is 2.61. The van der Waals surface area contributed by atoms with Crippen LogP contribution in [0.4, 0.5) is 0 Å². The largest absolute Gasteiger partial charge is 0.395 e. The van der Waals surface area contributed by atoms with Crippen molar-refractivity contribution in [1.82, 2.24) is 0 Å². The van der Waals surface area contributed by atoms with E-state index in [2.05, 4.69) is 0 Å². The van der Waals surface area contributed by atoms with Gasteiger partial charge in [0.05, 0.1) is 12.0 Å². The molecule has 0 aromatic carbocycles. The fraction of sp³-hybridized carbons (Fsp3) is 1.00. The predicted octanol–water partition coefficient (Wildman–Crippen LogP) is 0.193. The molecular weight excluding hydrogens is 124 g/mol. The molecule has 48 valence electrons. The summed E-state index contributed by atoms with van der Waals surface area (Å²) in [6.07, 6.45) is 1.80.